The number of nitrogens with zero attached hydrogens (tertiary/aromatic N) is 5. The zero-order chi connectivity index (χ0) is 21.1. The molecule has 1 N–H and O–H groups in total. The van der Waals surface area contributed by atoms with Crippen LogP contribution in [0.15, 0.2) is 64.2 Å². The van der Waals surface area contributed by atoms with Crippen LogP contribution in [0.4, 0.5) is 5.69 Å². The molecule has 150 valence electrons. The fraction of sp³-hybridized carbons (Fsp3) is 0.143. The predicted molar refractivity (Wildman–Crippen MR) is 110 cm³/mol. The minimum Gasteiger partial charge on any atom is -0.332 e. The number of pyridine rings is 1. The van der Waals surface area contributed by atoms with Crippen LogP contribution in [0.2, 0.25) is 0 Å². The molecular weight excluding hydrogens is 384 g/mol. The maximum atomic E-state index is 12.5. The Balaban J connectivity index is 1.55. The van der Waals surface area contributed by atoms with Gasteiger partial charge in [-0.25, -0.2) is 4.68 Å². The number of anilines is 1. The van der Waals surface area contributed by atoms with Crippen molar-refractivity contribution in [3.05, 3.63) is 76.3 Å². The molecule has 0 radical (unpaired) electrons. The number of aromatic nitrogens is 5. The second-order valence-corrected chi connectivity index (χ2v) is 6.74. The summed E-state index contributed by atoms with van der Waals surface area (Å²) < 4.78 is 6.33. The minimum atomic E-state index is -0.413. The Morgan fingerprint density at radius 3 is 2.70 bits per heavy atom. The summed E-state index contributed by atoms with van der Waals surface area (Å²) in [4.78, 5) is 32.9. The molecule has 0 saturated heterocycles. The molecule has 0 aliphatic rings. The van der Waals surface area contributed by atoms with Crippen LogP contribution in [-0.4, -0.2) is 30.8 Å². The van der Waals surface area contributed by atoms with Gasteiger partial charge in [-0.2, -0.15) is 10.1 Å². The molecule has 0 fully saturated rings. The highest BCUT2D eigenvalue weighted by atomic mass is 16.5. The van der Waals surface area contributed by atoms with Gasteiger partial charge in [-0.15, -0.1) is 0 Å². The summed E-state index contributed by atoms with van der Waals surface area (Å²) in [7, 11) is 0. The normalized spacial score (nSPS) is 10.7. The molecule has 9 heteroatoms. The number of hydrogen-bond acceptors (Lipinski definition) is 7. The van der Waals surface area contributed by atoms with E-state index in [1.807, 2.05) is 32.0 Å². The van der Waals surface area contributed by atoms with Crippen LogP contribution in [0.25, 0.3) is 23.0 Å². The molecule has 0 saturated carbocycles. The van der Waals surface area contributed by atoms with Gasteiger partial charge in [0.25, 0.3) is 11.4 Å². The Hall–Kier alpha value is -4.14. The molecule has 30 heavy (non-hydrogen) atoms. The Labute approximate surface area is 171 Å². The lowest BCUT2D eigenvalue weighted by molar-refractivity contribution is -0.117. The standard InChI is InChI=1S/C21H18N6O3/c1-13-3-4-14(2)17(11-13)23-18(28)12-27-19(29)6-5-16(25-27)21-24-20(26-30-21)15-7-9-22-10-8-15/h3-11H,12H2,1-2H3,(H,23,28). The Bertz CT molecular complexity index is 1260. The Kier molecular flexibility index (Phi) is 5.17. The van der Waals surface area contributed by atoms with Crippen LogP contribution >= 0.6 is 0 Å². The van der Waals surface area contributed by atoms with E-state index < -0.39 is 5.56 Å². The topological polar surface area (TPSA) is 116 Å². The van der Waals surface area contributed by atoms with Gasteiger partial charge in [0.15, 0.2) is 0 Å². The molecule has 0 bridgehead atoms. The van der Waals surface area contributed by atoms with E-state index in [-0.39, 0.29) is 18.3 Å². The molecule has 0 aliphatic carbocycles. The average Bonchev–Trinajstić information content (AvgIpc) is 3.23. The summed E-state index contributed by atoms with van der Waals surface area (Å²) in [6, 6.07) is 12.0. The van der Waals surface area contributed by atoms with Crippen LogP contribution in [0, 0.1) is 13.8 Å². The van der Waals surface area contributed by atoms with Crippen LogP contribution in [0.3, 0.4) is 0 Å². The fourth-order valence-corrected chi connectivity index (χ4v) is 2.82. The molecule has 4 aromatic rings. The van der Waals surface area contributed by atoms with Crippen molar-refractivity contribution < 1.29 is 9.32 Å². The average molecular weight is 402 g/mol. The lowest BCUT2D eigenvalue weighted by Gasteiger charge is -2.10. The van der Waals surface area contributed by atoms with Gasteiger partial charge >= 0.3 is 0 Å². The smallest absolute Gasteiger partial charge is 0.278 e. The van der Waals surface area contributed by atoms with Crippen molar-refractivity contribution in [1.82, 2.24) is 24.9 Å². The lowest BCUT2D eigenvalue weighted by atomic mass is 10.1. The maximum absolute atomic E-state index is 12.5. The van der Waals surface area contributed by atoms with Crippen LogP contribution in [0.5, 0.6) is 0 Å². The molecule has 4 rings (SSSR count). The number of rotatable bonds is 5. The van der Waals surface area contributed by atoms with E-state index in [1.54, 1.807) is 24.5 Å². The van der Waals surface area contributed by atoms with Crippen molar-refractivity contribution in [2.24, 2.45) is 0 Å². The summed E-state index contributed by atoms with van der Waals surface area (Å²) in [5.41, 5.74) is 3.27. The van der Waals surface area contributed by atoms with Gasteiger partial charge in [0.1, 0.15) is 12.2 Å². The van der Waals surface area contributed by atoms with Crippen molar-refractivity contribution >= 4 is 11.6 Å². The number of amides is 1. The van der Waals surface area contributed by atoms with Crippen LogP contribution in [-0.2, 0) is 11.3 Å². The van der Waals surface area contributed by atoms with Crippen LogP contribution < -0.4 is 10.9 Å². The molecule has 1 aromatic carbocycles. The Morgan fingerprint density at radius 2 is 1.90 bits per heavy atom. The second kappa shape index (κ2) is 8.08. The zero-order valence-electron chi connectivity index (χ0n) is 16.4. The highest BCUT2D eigenvalue weighted by molar-refractivity contribution is 5.91. The van der Waals surface area contributed by atoms with E-state index in [9.17, 15) is 9.59 Å². The Morgan fingerprint density at radius 1 is 1.10 bits per heavy atom. The quantitative estimate of drug-likeness (QED) is 0.545. The number of carbonyl (C=O) groups is 1. The molecule has 0 atom stereocenters. The highest BCUT2D eigenvalue weighted by Crippen LogP contribution is 2.19. The first-order valence-electron chi connectivity index (χ1n) is 9.19. The minimum absolute atomic E-state index is 0.144. The number of carbonyl (C=O) groups excluding carboxylic acids is 1. The van der Waals surface area contributed by atoms with Gasteiger partial charge in [0.2, 0.25) is 11.7 Å². The third-order valence-corrected chi connectivity index (χ3v) is 4.41. The fourth-order valence-electron chi connectivity index (χ4n) is 2.82. The van der Waals surface area contributed by atoms with Gasteiger partial charge in [0.05, 0.1) is 0 Å². The molecule has 1 amide bonds. The van der Waals surface area contributed by atoms with E-state index >= 15 is 0 Å². The molecule has 9 nitrogen and oxygen atoms in total. The van der Waals surface area contributed by atoms with Crippen molar-refractivity contribution in [2.75, 3.05) is 5.32 Å². The zero-order valence-corrected chi connectivity index (χ0v) is 16.4. The van der Waals surface area contributed by atoms with Crippen molar-refractivity contribution in [3.8, 4) is 23.0 Å². The van der Waals surface area contributed by atoms with Gasteiger partial charge in [-0.05, 0) is 49.2 Å². The summed E-state index contributed by atoms with van der Waals surface area (Å²) in [5, 5.41) is 11.0. The van der Waals surface area contributed by atoms with Crippen LogP contribution in [0.1, 0.15) is 11.1 Å². The summed E-state index contributed by atoms with van der Waals surface area (Å²) in [5.74, 6) is 0.156. The predicted octanol–water partition coefficient (Wildman–Crippen LogP) is 2.61. The first-order valence-corrected chi connectivity index (χ1v) is 9.19. The van der Waals surface area contributed by atoms with E-state index in [0.29, 0.717) is 17.2 Å². The number of benzene rings is 1. The third-order valence-electron chi connectivity index (χ3n) is 4.41. The number of hydrogen-bond donors (Lipinski definition) is 1. The largest absolute Gasteiger partial charge is 0.332 e. The van der Waals surface area contributed by atoms with E-state index in [0.717, 1.165) is 21.4 Å². The number of nitrogens with one attached hydrogen (secondary N) is 1. The highest BCUT2D eigenvalue weighted by Gasteiger charge is 2.15. The molecule has 3 heterocycles. The van der Waals surface area contributed by atoms with Crippen molar-refractivity contribution in [1.29, 1.82) is 0 Å². The monoisotopic (exact) mass is 402 g/mol. The van der Waals surface area contributed by atoms with E-state index in [1.165, 1.54) is 12.1 Å². The summed E-state index contributed by atoms with van der Waals surface area (Å²) in [6.45, 7) is 3.59. The molecule has 0 unspecified atom stereocenters. The second-order valence-electron chi connectivity index (χ2n) is 6.74. The number of aryl methyl sites for hydroxylation is 2. The molecule has 3 aromatic heterocycles. The summed E-state index contributed by atoms with van der Waals surface area (Å²) in [6.07, 6.45) is 3.25. The van der Waals surface area contributed by atoms with Gasteiger partial charge in [0, 0.05) is 29.7 Å². The molecule has 0 aliphatic heterocycles. The lowest BCUT2D eigenvalue weighted by Crippen LogP contribution is -2.29. The van der Waals surface area contributed by atoms with E-state index in [2.05, 4.69) is 25.5 Å². The van der Waals surface area contributed by atoms with Gasteiger partial charge in [-0.3, -0.25) is 14.6 Å². The summed E-state index contributed by atoms with van der Waals surface area (Å²) >= 11 is 0. The first-order chi connectivity index (χ1) is 14.5. The van der Waals surface area contributed by atoms with E-state index in [4.69, 9.17) is 4.52 Å². The maximum Gasteiger partial charge on any atom is 0.278 e. The van der Waals surface area contributed by atoms with Crippen molar-refractivity contribution in [3.63, 3.8) is 0 Å². The molecular formula is C21H18N6O3. The van der Waals surface area contributed by atoms with Gasteiger partial charge < -0.3 is 9.84 Å². The molecule has 0 spiro atoms. The van der Waals surface area contributed by atoms with Gasteiger partial charge in [-0.1, -0.05) is 17.3 Å². The van der Waals surface area contributed by atoms with Crippen molar-refractivity contribution in [2.45, 2.75) is 20.4 Å². The third kappa shape index (κ3) is 4.14. The SMILES string of the molecule is Cc1ccc(C)c(NC(=O)Cn2nc(-c3nc(-c4ccncc4)no3)ccc2=O)c1. The first kappa shape index (κ1) is 19.2.